The summed E-state index contributed by atoms with van der Waals surface area (Å²) in [7, 11) is 0.891. The lowest BCUT2D eigenvalue weighted by atomic mass is 10.5. The molecular weight excluding hydrogens is 145 g/mol. The van der Waals surface area contributed by atoms with E-state index in [2.05, 4.69) is 14.8 Å². The van der Waals surface area contributed by atoms with Gasteiger partial charge in [-0.2, -0.15) is 0 Å². The molecule has 0 spiro atoms. The van der Waals surface area contributed by atoms with Crippen molar-refractivity contribution in [1.82, 2.24) is 4.89 Å². The zero-order valence-corrected chi connectivity index (χ0v) is 6.16. The summed E-state index contributed by atoms with van der Waals surface area (Å²) in [6.07, 6.45) is 2.33. The molecule has 0 amide bonds. The molecule has 1 aliphatic heterocycles. The van der Waals surface area contributed by atoms with Crippen LogP contribution in [0, 0.1) is 0 Å². The second-order valence-corrected chi connectivity index (χ2v) is 3.98. The standard InChI is InChI=1S/C3H8NO2PS/c1-2-5-6-4-8-7-3-1/h4,7H,1-3H2. The van der Waals surface area contributed by atoms with Crippen LogP contribution in [0.15, 0.2) is 0 Å². The minimum absolute atomic E-state index is 0.709. The minimum Gasteiger partial charge on any atom is -0.217 e. The van der Waals surface area contributed by atoms with Gasteiger partial charge in [0.15, 0.2) is 0 Å². The molecule has 0 saturated carbocycles. The van der Waals surface area contributed by atoms with Gasteiger partial charge in [0.05, 0.1) is 6.61 Å². The summed E-state index contributed by atoms with van der Waals surface area (Å²) >= 11 is 1.56. The van der Waals surface area contributed by atoms with Gasteiger partial charge in [-0.15, -0.1) is 9.87 Å². The van der Waals surface area contributed by atoms with Gasteiger partial charge < -0.3 is 0 Å². The quantitative estimate of drug-likeness (QED) is 0.320. The van der Waals surface area contributed by atoms with E-state index in [1.54, 1.807) is 11.6 Å². The maximum Gasteiger partial charge on any atom is 0.0846 e. The third kappa shape index (κ3) is 2.84. The molecule has 5 heteroatoms. The van der Waals surface area contributed by atoms with Crippen LogP contribution in [-0.4, -0.2) is 12.8 Å². The first kappa shape index (κ1) is 6.78. The molecule has 0 radical (unpaired) electrons. The molecule has 0 aromatic rings. The smallest absolute Gasteiger partial charge is 0.0846 e. The van der Waals surface area contributed by atoms with Crippen LogP contribution in [0.25, 0.3) is 0 Å². The van der Waals surface area contributed by atoms with E-state index in [1.165, 1.54) is 6.16 Å². The Morgan fingerprint density at radius 2 is 2.62 bits per heavy atom. The van der Waals surface area contributed by atoms with E-state index in [0.717, 1.165) is 14.2 Å². The molecule has 1 aliphatic rings. The maximum atomic E-state index is 4.65. The van der Waals surface area contributed by atoms with Crippen molar-refractivity contribution in [3.8, 4) is 0 Å². The van der Waals surface area contributed by atoms with Gasteiger partial charge in [-0.25, -0.2) is 4.89 Å². The second-order valence-electron chi connectivity index (χ2n) is 1.34. The highest BCUT2D eigenvalue weighted by Crippen LogP contribution is 2.27. The Hall–Kier alpha value is 0.660. The number of hydrogen-bond donors (Lipinski definition) is 1. The Morgan fingerprint density at radius 3 is 3.62 bits per heavy atom. The molecule has 48 valence electrons. The molecule has 0 aromatic carbocycles. The van der Waals surface area contributed by atoms with Crippen LogP contribution in [0.3, 0.4) is 0 Å². The summed E-state index contributed by atoms with van der Waals surface area (Å²) in [6.45, 7) is 0.709. The number of nitrogens with one attached hydrogen (secondary N) is 1. The molecule has 1 atom stereocenters. The molecule has 0 aromatic heterocycles. The molecule has 1 saturated heterocycles. The molecule has 3 nitrogen and oxygen atoms in total. The van der Waals surface area contributed by atoms with Crippen molar-refractivity contribution in [2.75, 3.05) is 12.8 Å². The van der Waals surface area contributed by atoms with Gasteiger partial charge in [-0.1, -0.05) is 0 Å². The maximum absolute atomic E-state index is 4.65. The Kier molecular flexibility index (Phi) is 3.84. The fraction of sp³-hybridized carbons (Fsp3) is 1.00. The van der Waals surface area contributed by atoms with Crippen LogP contribution in [0.5, 0.6) is 0 Å². The average Bonchev–Trinajstić information content (AvgIpc) is 1.62. The molecule has 8 heavy (non-hydrogen) atoms. The van der Waals surface area contributed by atoms with Gasteiger partial charge in [-0.3, -0.25) is 0 Å². The van der Waals surface area contributed by atoms with Gasteiger partial charge in [0, 0.05) is 0 Å². The fourth-order valence-corrected chi connectivity index (χ4v) is 1.92. The first-order valence-electron chi connectivity index (χ1n) is 2.42. The monoisotopic (exact) mass is 153 g/mol. The third-order valence-electron chi connectivity index (χ3n) is 0.713. The summed E-state index contributed by atoms with van der Waals surface area (Å²) in [6, 6.07) is 0. The molecule has 1 fully saturated rings. The van der Waals surface area contributed by atoms with Crippen LogP contribution in [0.1, 0.15) is 6.42 Å². The molecule has 1 heterocycles. The summed E-state index contributed by atoms with van der Waals surface area (Å²) in [5.74, 6) is 0. The van der Waals surface area contributed by atoms with E-state index in [9.17, 15) is 0 Å². The van der Waals surface area contributed by atoms with Crippen molar-refractivity contribution in [1.29, 1.82) is 0 Å². The van der Waals surface area contributed by atoms with Crippen molar-refractivity contribution < 1.29 is 9.88 Å². The first-order valence-corrected chi connectivity index (χ1v) is 5.17. The van der Waals surface area contributed by atoms with Crippen molar-refractivity contribution in [3.63, 3.8) is 0 Å². The topological polar surface area (TPSA) is 30.5 Å². The van der Waals surface area contributed by atoms with Crippen LogP contribution in [0.4, 0.5) is 0 Å². The van der Waals surface area contributed by atoms with Crippen molar-refractivity contribution >= 4 is 19.4 Å². The minimum atomic E-state index is 0.709. The zero-order valence-electron chi connectivity index (χ0n) is 4.35. The lowest BCUT2D eigenvalue weighted by molar-refractivity contribution is -0.315. The second kappa shape index (κ2) is 4.53. The normalized spacial score (nSPS) is 27.0. The molecule has 1 rings (SSSR count). The van der Waals surface area contributed by atoms with E-state index < -0.39 is 0 Å². The summed E-state index contributed by atoms with van der Waals surface area (Å²) in [5.41, 5.74) is 0. The molecule has 1 N–H and O–H groups in total. The lowest BCUT2D eigenvalue weighted by Gasteiger charge is -2.07. The highest BCUT2D eigenvalue weighted by Gasteiger charge is 1.95. The Bertz CT molecular complexity index is 41.2. The van der Waals surface area contributed by atoms with Crippen LogP contribution < -0.4 is 4.89 Å². The van der Waals surface area contributed by atoms with Gasteiger partial charge in [0.2, 0.25) is 0 Å². The predicted molar refractivity (Wildman–Crippen MR) is 35.6 cm³/mol. The van der Waals surface area contributed by atoms with Crippen molar-refractivity contribution in [2.24, 2.45) is 0 Å². The first-order chi connectivity index (χ1) is 4.00. The average molecular weight is 153 g/mol. The number of hydrogen-bond acceptors (Lipinski definition) is 4. The Labute approximate surface area is 54.0 Å². The molecule has 1 unspecified atom stereocenters. The van der Waals surface area contributed by atoms with Crippen LogP contribution in [-0.2, 0) is 9.88 Å². The van der Waals surface area contributed by atoms with E-state index in [1.807, 2.05) is 0 Å². The summed E-state index contributed by atoms with van der Waals surface area (Å²) in [4.78, 5) is 11.7. The predicted octanol–water partition coefficient (Wildman–Crippen LogP) is 1.08. The van der Waals surface area contributed by atoms with E-state index in [4.69, 9.17) is 0 Å². The van der Waals surface area contributed by atoms with Gasteiger partial charge in [0.1, 0.15) is 0 Å². The third-order valence-corrected chi connectivity index (χ3v) is 2.86. The SMILES string of the molecule is C1COONSPC1. The summed E-state index contributed by atoms with van der Waals surface area (Å²) in [5, 5.41) is 0. The zero-order chi connectivity index (χ0) is 5.66. The molecular formula is C3H8NO2PS. The van der Waals surface area contributed by atoms with E-state index in [-0.39, 0.29) is 0 Å². The molecule has 0 aliphatic carbocycles. The van der Waals surface area contributed by atoms with Gasteiger partial charge in [0.25, 0.3) is 0 Å². The lowest BCUT2D eigenvalue weighted by Crippen LogP contribution is -2.08. The van der Waals surface area contributed by atoms with Crippen LogP contribution >= 0.6 is 19.4 Å². The Morgan fingerprint density at radius 1 is 1.62 bits per heavy atom. The van der Waals surface area contributed by atoms with E-state index in [0.29, 0.717) is 6.61 Å². The summed E-state index contributed by atoms with van der Waals surface area (Å²) < 4.78 is 0. The van der Waals surface area contributed by atoms with Crippen molar-refractivity contribution in [3.05, 3.63) is 0 Å². The van der Waals surface area contributed by atoms with E-state index >= 15 is 0 Å². The highest BCUT2D eigenvalue weighted by atomic mass is 32.7. The number of rotatable bonds is 0. The molecule has 0 bridgehead atoms. The van der Waals surface area contributed by atoms with Gasteiger partial charge in [-0.05, 0) is 31.9 Å². The Balaban J connectivity index is 2.00. The largest absolute Gasteiger partial charge is 0.217 e. The fourth-order valence-electron chi connectivity index (χ4n) is 0.366. The van der Waals surface area contributed by atoms with Gasteiger partial charge >= 0.3 is 0 Å². The van der Waals surface area contributed by atoms with Crippen LogP contribution in [0.2, 0.25) is 0 Å². The van der Waals surface area contributed by atoms with Crippen molar-refractivity contribution in [2.45, 2.75) is 6.42 Å². The highest BCUT2D eigenvalue weighted by molar-refractivity contribution is 8.48.